The Labute approximate surface area is 148 Å². The van der Waals surface area contributed by atoms with Crippen LogP contribution in [0.15, 0.2) is 48.5 Å². The van der Waals surface area contributed by atoms with Crippen molar-refractivity contribution >= 4 is 11.6 Å². The molecule has 1 heterocycles. The molecule has 4 heteroatoms. The zero-order valence-electron chi connectivity index (χ0n) is 14.4. The molecule has 25 heavy (non-hydrogen) atoms. The number of amides is 1. The third kappa shape index (κ3) is 3.27. The van der Waals surface area contributed by atoms with Gasteiger partial charge in [-0.2, -0.15) is 0 Å². The van der Waals surface area contributed by atoms with Gasteiger partial charge in [-0.1, -0.05) is 36.4 Å². The van der Waals surface area contributed by atoms with E-state index < -0.39 is 0 Å². The van der Waals surface area contributed by atoms with Crippen LogP contribution in [0.1, 0.15) is 23.1 Å². The van der Waals surface area contributed by atoms with E-state index in [4.69, 9.17) is 0 Å². The van der Waals surface area contributed by atoms with Crippen molar-refractivity contribution < 1.29 is 9.90 Å². The van der Waals surface area contributed by atoms with Crippen LogP contribution in [0.3, 0.4) is 0 Å². The van der Waals surface area contributed by atoms with Crippen LogP contribution in [0.4, 0.5) is 5.69 Å². The van der Waals surface area contributed by atoms with Crippen molar-refractivity contribution in [2.45, 2.75) is 31.9 Å². The summed E-state index contributed by atoms with van der Waals surface area (Å²) in [5.74, 6) is 0.205. The van der Waals surface area contributed by atoms with E-state index in [2.05, 4.69) is 29.2 Å². The molecule has 0 radical (unpaired) electrons. The van der Waals surface area contributed by atoms with Gasteiger partial charge < -0.3 is 14.9 Å². The van der Waals surface area contributed by atoms with Gasteiger partial charge in [-0.05, 0) is 48.1 Å². The highest BCUT2D eigenvalue weighted by Crippen LogP contribution is 2.29. The molecule has 1 saturated heterocycles. The van der Waals surface area contributed by atoms with Gasteiger partial charge in [0.1, 0.15) is 0 Å². The minimum atomic E-state index is 0.0205. The standard InChI is InChI=1S/C21H24N2O2/c24-15-16-5-3-8-19(11-16)23(14-21(25)22-9-4-10-22)20-12-17-6-1-2-7-18(17)13-20/h1-3,5-8,11,20,24H,4,9-10,12-15H2. The number of carbonyl (C=O) groups excluding carboxylic acids is 1. The van der Waals surface area contributed by atoms with Crippen molar-refractivity contribution in [3.63, 3.8) is 0 Å². The highest BCUT2D eigenvalue weighted by Gasteiger charge is 2.30. The van der Waals surface area contributed by atoms with Crippen molar-refractivity contribution in [1.29, 1.82) is 0 Å². The Balaban J connectivity index is 1.60. The second kappa shape index (κ2) is 6.89. The van der Waals surface area contributed by atoms with Crippen LogP contribution in [-0.4, -0.2) is 41.6 Å². The molecule has 1 amide bonds. The highest BCUT2D eigenvalue weighted by atomic mass is 16.3. The van der Waals surface area contributed by atoms with Crippen LogP contribution in [0, 0.1) is 0 Å². The van der Waals surface area contributed by atoms with Gasteiger partial charge in [0, 0.05) is 24.8 Å². The largest absolute Gasteiger partial charge is 0.392 e. The van der Waals surface area contributed by atoms with Crippen molar-refractivity contribution in [2.24, 2.45) is 0 Å². The van der Waals surface area contributed by atoms with Crippen LogP contribution in [0.2, 0.25) is 0 Å². The quantitative estimate of drug-likeness (QED) is 0.912. The van der Waals surface area contributed by atoms with Gasteiger partial charge in [0.05, 0.1) is 13.2 Å². The molecule has 2 aromatic carbocycles. The summed E-state index contributed by atoms with van der Waals surface area (Å²) in [6.07, 6.45) is 3.04. The van der Waals surface area contributed by atoms with Gasteiger partial charge in [0.15, 0.2) is 0 Å². The summed E-state index contributed by atoms with van der Waals surface area (Å²) in [6, 6.07) is 16.8. The van der Waals surface area contributed by atoms with Gasteiger partial charge >= 0.3 is 0 Å². The normalized spacial score (nSPS) is 16.4. The molecule has 4 rings (SSSR count). The number of hydrogen-bond acceptors (Lipinski definition) is 3. The van der Waals surface area contributed by atoms with E-state index in [1.54, 1.807) is 0 Å². The number of aliphatic hydroxyl groups is 1. The molecule has 2 aliphatic rings. The number of benzene rings is 2. The van der Waals surface area contributed by atoms with E-state index in [1.165, 1.54) is 11.1 Å². The molecule has 0 unspecified atom stereocenters. The highest BCUT2D eigenvalue weighted by molar-refractivity contribution is 5.82. The van der Waals surface area contributed by atoms with E-state index in [0.717, 1.165) is 43.6 Å². The fourth-order valence-corrected chi connectivity index (χ4v) is 3.83. The zero-order valence-corrected chi connectivity index (χ0v) is 14.4. The van der Waals surface area contributed by atoms with Crippen LogP contribution >= 0.6 is 0 Å². The molecule has 1 N–H and O–H groups in total. The van der Waals surface area contributed by atoms with Gasteiger partial charge in [-0.3, -0.25) is 4.79 Å². The number of fused-ring (bicyclic) bond motifs is 1. The van der Waals surface area contributed by atoms with Gasteiger partial charge in [-0.25, -0.2) is 0 Å². The average Bonchev–Trinajstić information content (AvgIpc) is 3.02. The van der Waals surface area contributed by atoms with Crippen LogP contribution in [0.5, 0.6) is 0 Å². The van der Waals surface area contributed by atoms with Gasteiger partial charge in [-0.15, -0.1) is 0 Å². The van der Waals surface area contributed by atoms with E-state index in [0.29, 0.717) is 6.54 Å². The second-order valence-corrected chi connectivity index (χ2v) is 7.02. The number of anilines is 1. The molecule has 1 aliphatic heterocycles. The van der Waals surface area contributed by atoms with E-state index >= 15 is 0 Å². The van der Waals surface area contributed by atoms with Crippen molar-refractivity contribution in [2.75, 3.05) is 24.5 Å². The molecule has 4 nitrogen and oxygen atoms in total. The maximum absolute atomic E-state index is 12.6. The summed E-state index contributed by atoms with van der Waals surface area (Å²) < 4.78 is 0. The first kappa shape index (κ1) is 16.2. The second-order valence-electron chi connectivity index (χ2n) is 7.02. The lowest BCUT2D eigenvalue weighted by molar-refractivity contribution is -0.133. The van der Waals surface area contributed by atoms with E-state index in [1.807, 2.05) is 29.2 Å². The third-order valence-corrected chi connectivity index (χ3v) is 5.41. The van der Waals surface area contributed by atoms with Crippen LogP contribution in [0.25, 0.3) is 0 Å². The SMILES string of the molecule is O=C(CN(c1cccc(CO)c1)C1Cc2ccccc2C1)N1CCC1. The number of carbonyl (C=O) groups is 1. The molecule has 0 saturated carbocycles. The third-order valence-electron chi connectivity index (χ3n) is 5.41. The summed E-state index contributed by atoms with van der Waals surface area (Å²) in [5, 5.41) is 9.47. The Morgan fingerprint density at radius 3 is 2.40 bits per heavy atom. The summed E-state index contributed by atoms with van der Waals surface area (Å²) in [5.41, 5.74) is 4.67. The van der Waals surface area contributed by atoms with Crippen molar-refractivity contribution in [3.8, 4) is 0 Å². The maximum atomic E-state index is 12.6. The number of nitrogens with zero attached hydrogens (tertiary/aromatic N) is 2. The first-order chi connectivity index (χ1) is 12.2. The van der Waals surface area contributed by atoms with Crippen molar-refractivity contribution in [3.05, 3.63) is 65.2 Å². The number of aliphatic hydroxyl groups excluding tert-OH is 1. The molecular weight excluding hydrogens is 312 g/mol. The first-order valence-corrected chi connectivity index (χ1v) is 9.05. The number of hydrogen-bond donors (Lipinski definition) is 1. The van der Waals surface area contributed by atoms with E-state index in [9.17, 15) is 9.90 Å². The minimum Gasteiger partial charge on any atom is -0.392 e. The molecular formula is C21H24N2O2. The number of rotatable bonds is 5. The van der Waals surface area contributed by atoms with Crippen molar-refractivity contribution in [1.82, 2.24) is 4.90 Å². The van der Waals surface area contributed by atoms with E-state index in [-0.39, 0.29) is 18.6 Å². The zero-order chi connectivity index (χ0) is 17.2. The Kier molecular flexibility index (Phi) is 4.45. The molecule has 2 aromatic rings. The van der Waals surface area contributed by atoms with Gasteiger partial charge in [0.2, 0.25) is 5.91 Å². The first-order valence-electron chi connectivity index (χ1n) is 9.05. The summed E-state index contributed by atoms with van der Waals surface area (Å²) in [4.78, 5) is 16.8. The van der Waals surface area contributed by atoms with Crippen LogP contribution in [-0.2, 0) is 24.2 Å². The molecule has 0 aromatic heterocycles. The molecule has 1 aliphatic carbocycles. The molecule has 0 bridgehead atoms. The maximum Gasteiger partial charge on any atom is 0.242 e. The number of likely N-dealkylation sites (tertiary alicyclic amines) is 1. The smallest absolute Gasteiger partial charge is 0.242 e. The molecule has 0 spiro atoms. The average molecular weight is 336 g/mol. The lowest BCUT2D eigenvalue weighted by Gasteiger charge is -2.36. The topological polar surface area (TPSA) is 43.8 Å². The lowest BCUT2D eigenvalue weighted by atomic mass is 10.1. The molecule has 130 valence electrons. The minimum absolute atomic E-state index is 0.0205. The molecule has 1 fully saturated rings. The van der Waals surface area contributed by atoms with Gasteiger partial charge in [0.25, 0.3) is 0 Å². The fourth-order valence-electron chi connectivity index (χ4n) is 3.83. The Morgan fingerprint density at radius 2 is 1.80 bits per heavy atom. The predicted octanol–water partition coefficient (Wildman–Crippen LogP) is 2.39. The Bertz CT molecular complexity index is 745. The monoisotopic (exact) mass is 336 g/mol. The lowest BCUT2D eigenvalue weighted by Crippen LogP contribution is -2.49. The predicted molar refractivity (Wildman–Crippen MR) is 98.5 cm³/mol. The summed E-state index contributed by atoms with van der Waals surface area (Å²) >= 11 is 0. The van der Waals surface area contributed by atoms with Crippen LogP contribution < -0.4 is 4.90 Å². The Hall–Kier alpha value is -2.33. The Morgan fingerprint density at radius 1 is 1.08 bits per heavy atom. The summed E-state index contributed by atoms with van der Waals surface area (Å²) in [7, 11) is 0. The fraction of sp³-hybridized carbons (Fsp3) is 0.381. The molecule has 0 atom stereocenters. The summed E-state index contributed by atoms with van der Waals surface area (Å²) in [6.45, 7) is 2.20.